The maximum atomic E-state index is 13.3. The monoisotopic (exact) mass is 504 g/mol. The zero-order valence-corrected chi connectivity index (χ0v) is 20.3. The van der Waals surface area contributed by atoms with Gasteiger partial charge in [0.25, 0.3) is 5.91 Å². The molecule has 2 aromatic carbocycles. The van der Waals surface area contributed by atoms with Crippen molar-refractivity contribution < 1.29 is 14.4 Å². The molecule has 0 bridgehead atoms. The Morgan fingerprint density at radius 3 is 2.69 bits per heavy atom. The van der Waals surface area contributed by atoms with E-state index in [0.29, 0.717) is 36.9 Å². The van der Waals surface area contributed by atoms with Crippen LogP contribution >= 0.6 is 12.4 Å². The number of rotatable bonds is 4. The van der Waals surface area contributed by atoms with Crippen LogP contribution in [0.3, 0.4) is 0 Å². The number of imide groups is 1. The lowest BCUT2D eigenvalue weighted by molar-refractivity contribution is -0.134. The molecule has 10 heteroatoms. The summed E-state index contributed by atoms with van der Waals surface area (Å²) >= 11 is 0. The number of aromatic nitrogens is 2. The van der Waals surface area contributed by atoms with Crippen LogP contribution < -0.4 is 15.5 Å². The number of nitrogens with zero attached hydrogens (tertiary/aromatic N) is 4. The lowest BCUT2D eigenvalue weighted by Crippen LogP contribution is -2.53. The van der Waals surface area contributed by atoms with Gasteiger partial charge < -0.3 is 5.32 Å². The van der Waals surface area contributed by atoms with E-state index in [2.05, 4.69) is 21.8 Å². The lowest BCUT2D eigenvalue weighted by atomic mass is 9.90. The second kappa shape index (κ2) is 9.04. The van der Waals surface area contributed by atoms with E-state index in [1.807, 2.05) is 36.7 Å². The largest absolute Gasteiger partial charge is 0.316 e. The van der Waals surface area contributed by atoms with E-state index in [-0.39, 0.29) is 30.6 Å². The van der Waals surface area contributed by atoms with Gasteiger partial charge in [-0.1, -0.05) is 18.2 Å². The first kappa shape index (κ1) is 24.0. The molecule has 1 aromatic heterocycles. The number of benzene rings is 2. The van der Waals surface area contributed by atoms with Crippen molar-refractivity contribution in [2.75, 3.05) is 18.0 Å². The van der Waals surface area contributed by atoms with Crippen LogP contribution in [0.15, 0.2) is 42.7 Å². The molecule has 4 heterocycles. The van der Waals surface area contributed by atoms with Crippen LogP contribution in [-0.2, 0) is 21.5 Å². The first-order valence-electron chi connectivity index (χ1n) is 11.9. The molecule has 3 aliphatic rings. The van der Waals surface area contributed by atoms with Crippen molar-refractivity contribution >= 4 is 46.6 Å². The predicted molar refractivity (Wildman–Crippen MR) is 135 cm³/mol. The highest BCUT2D eigenvalue weighted by atomic mass is 35.5. The molecule has 6 rings (SSSR count). The first-order valence-corrected chi connectivity index (χ1v) is 11.9. The summed E-state index contributed by atoms with van der Waals surface area (Å²) in [6.07, 6.45) is 6.31. The Morgan fingerprint density at radius 2 is 1.94 bits per heavy atom. The molecule has 2 fully saturated rings. The van der Waals surface area contributed by atoms with E-state index in [1.54, 1.807) is 10.7 Å². The number of nitriles is 1. The van der Waals surface area contributed by atoms with Gasteiger partial charge in [-0.15, -0.1) is 12.4 Å². The zero-order chi connectivity index (χ0) is 24.2. The smallest absolute Gasteiger partial charge is 0.259 e. The van der Waals surface area contributed by atoms with Crippen molar-refractivity contribution in [2.24, 2.45) is 0 Å². The van der Waals surface area contributed by atoms with E-state index in [4.69, 9.17) is 0 Å². The number of carbonyl (C=O) groups is 3. The minimum absolute atomic E-state index is 0. The molecule has 184 valence electrons. The van der Waals surface area contributed by atoms with Gasteiger partial charge in [0.15, 0.2) is 5.54 Å². The topological polar surface area (TPSA) is 120 Å². The Bertz CT molecular complexity index is 1440. The van der Waals surface area contributed by atoms with E-state index < -0.39 is 17.5 Å². The molecule has 0 aliphatic carbocycles. The average molecular weight is 505 g/mol. The number of hydrogen-bond donors (Lipinski definition) is 2. The van der Waals surface area contributed by atoms with Gasteiger partial charge in [-0.2, -0.15) is 10.4 Å². The van der Waals surface area contributed by atoms with Crippen molar-refractivity contribution in [3.8, 4) is 6.07 Å². The molecule has 36 heavy (non-hydrogen) atoms. The van der Waals surface area contributed by atoms with Gasteiger partial charge in [-0.3, -0.25) is 29.3 Å². The van der Waals surface area contributed by atoms with Crippen molar-refractivity contribution in [2.45, 2.75) is 43.7 Å². The molecule has 9 nitrogen and oxygen atoms in total. The van der Waals surface area contributed by atoms with Gasteiger partial charge in [-0.25, -0.2) is 0 Å². The number of piperidine rings is 2. The minimum Gasteiger partial charge on any atom is -0.316 e. The van der Waals surface area contributed by atoms with Crippen LogP contribution in [0.1, 0.15) is 47.2 Å². The molecule has 3 aliphatic heterocycles. The fourth-order valence-corrected chi connectivity index (χ4v) is 5.60. The number of carbonyl (C=O) groups excluding carboxylic acids is 3. The van der Waals surface area contributed by atoms with E-state index in [1.165, 1.54) is 4.90 Å². The number of halogens is 1. The molecule has 3 amide bonds. The predicted octanol–water partition coefficient (Wildman–Crippen LogP) is 2.42. The standard InChI is InChI=1S/C26H24N6O3.ClH/c27-15-26(8-10-28-11-9-26)31-14-16(13-29-31)12-17-4-5-20-23-18(17)2-1-3-19(23)25(35)32(20)21-6-7-22(33)30-24(21)34;/h1-5,13-14,21,28H,6-12H2,(H,30,33,34);1H. The lowest BCUT2D eigenvalue weighted by Gasteiger charge is -2.31. The van der Waals surface area contributed by atoms with Gasteiger partial charge in [-0.05, 0) is 61.0 Å². The Balaban J connectivity index is 0.00000267. The molecular formula is C26H25ClN6O3. The van der Waals surface area contributed by atoms with Crippen LogP contribution in [0.25, 0.3) is 10.8 Å². The third kappa shape index (κ3) is 3.65. The fourth-order valence-electron chi connectivity index (χ4n) is 5.60. The molecule has 0 radical (unpaired) electrons. The third-order valence-electron chi connectivity index (χ3n) is 7.45. The second-order valence-electron chi connectivity index (χ2n) is 9.48. The van der Waals surface area contributed by atoms with Gasteiger partial charge in [0.05, 0.1) is 18.0 Å². The van der Waals surface area contributed by atoms with E-state index in [9.17, 15) is 19.6 Å². The Kier molecular flexibility index (Phi) is 6.02. The van der Waals surface area contributed by atoms with Crippen molar-refractivity contribution in [3.05, 3.63) is 59.4 Å². The second-order valence-corrected chi connectivity index (χ2v) is 9.48. The molecule has 1 atom stereocenters. The Hall–Kier alpha value is -3.74. The van der Waals surface area contributed by atoms with Crippen molar-refractivity contribution in [1.29, 1.82) is 5.26 Å². The quantitative estimate of drug-likeness (QED) is 0.526. The van der Waals surface area contributed by atoms with Gasteiger partial charge in [0, 0.05) is 30.0 Å². The number of amides is 3. The Labute approximate surface area is 213 Å². The first-order chi connectivity index (χ1) is 17.0. The van der Waals surface area contributed by atoms with Crippen LogP contribution in [0.2, 0.25) is 0 Å². The minimum atomic E-state index is -0.702. The highest BCUT2D eigenvalue weighted by molar-refractivity contribution is 6.27. The van der Waals surface area contributed by atoms with Gasteiger partial charge in [0.1, 0.15) is 6.04 Å². The Morgan fingerprint density at radius 1 is 1.14 bits per heavy atom. The molecule has 3 aromatic rings. The van der Waals surface area contributed by atoms with Crippen LogP contribution in [-0.4, -0.2) is 46.6 Å². The summed E-state index contributed by atoms with van der Waals surface area (Å²) in [5.74, 6) is -0.956. The summed E-state index contributed by atoms with van der Waals surface area (Å²) in [7, 11) is 0. The van der Waals surface area contributed by atoms with Crippen molar-refractivity contribution in [3.63, 3.8) is 0 Å². The van der Waals surface area contributed by atoms with Crippen LogP contribution in [0, 0.1) is 11.3 Å². The summed E-state index contributed by atoms with van der Waals surface area (Å²) < 4.78 is 1.80. The summed E-state index contributed by atoms with van der Waals surface area (Å²) in [5.41, 5.74) is 2.68. The van der Waals surface area contributed by atoms with E-state index in [0.717, 1.165) is 35.0 Å². The number of nitrogens with one attached hydrogen (secondary N) is 2. The SMILES string of the molecule is Cl.N#CC1(n2cc(Cc3ccc4c5c(cccc35)C(=O)N4C3CCC(=O)NC3=O)cn2)CCNCC1. The summed E-state index contributed by atoms with van der Waals surface area (Å²) in [6.45, 7) is 1.57. The van der Waals surface area contributed by atoms with Gasteiger partial charge in [0.2, 0.25) is 11.8 Å². The molecule has 0 spiro atoms. The molecule has 2 N–H and O–H groups in total. The van der Waals surface area contributed by atoms with Gasteiger partial charge >= 0.3 is 0 Å². The molecule has 2 saturated heterocycles. The third-order valence-corrected chi connectivity index (χ3v) is 7.45. The fraction of sp³-hybridized carbons (Fsp3) is 0.346. The van der Waals surface area contributed by atoms with Crippen molar-refractivity contribution in [1.82, 2.24) is 20.4 Å². The maximum Gasteiger partial charge on any atom is 0.259 e. The molecular weight excluding hydrogens is 480 g/mol. The highest BCUT2D eigenvalue weighted by Gasteiger charge is 2.41. The molecule has 1 unspecified atom stereocenters. The number of anilines is 1. The van der Waals surface area contributed by atoms with Crippen LogP contribution in [0.4, 0.5) is 5.69 Å². The summed E-state index contributed by atoms with van der Waals surface area (Å²) in [5, 5.41) is 21.8. The number of hydrogen-bond acceptors (Lipinski definition) is 6. The summed E-state index contributed by atoms with van der Waals surface area (Å²) in [4.78, 5) is 39.0. The maximum absolute atomic E-state index is 13.3. The zero-order valence-electron chi connectivity index (χ0n) is 19.5. The summed E-state index contributed by atoms with van der Waals surface area (Å²) in [6, 6.07) is 11.3. The highest BCUT2D eigenvalue weighted by Crippen LogP contribution is 2.41. The average Bonchev–Trinajstić information content (AvgIpc) is 3.46. The normalized spacial score (nSPS) is 20.7. The van der Waals surface area contributed by atoms with E-state index >= 15 is 0 Å². The van der Waals surface area contributed by atoms with Crippen LogP contribution in [0.5, 0.6) is 0 Å². The molecule has 0 saturated carbocycles.